The fourth-order valence-corrected chi connectivity index (χ4v) is 9.78. The molecule has 3 saturated heterocycles. The van der Waals surface area contributed by atoms with Crippen molar-refractivity contribution in [1.29, 1.82) is 0 Å². The fraction of sp³-hybridized carbons (Fsp3) is 0.522. The van der Waals surface area contributed by atoms with Crippen LogP contribution in [0.2, 0.25) is 0 Å². The Kier molecular flexibility index (Phi) is 13.2. The lowest BCUT2D eigenvalue weighted by Crippen LogP contribution is -2.52. The lowest BCUT2D eigenvalue weighted by molar-refractivity contribution is -0.138. The number of nitrogen functional groups attached to an aromatic ring is 1. The summed E-state index contributed by atoms with van der Waals surface area (Å²) in [4.78, 5) is 67.9. The number of nitrogens with zero attached hydrogens (tertiary/aromatic N) is 7. The number of carbonyl (C=O) groups excluding carboxylic acids is 3. The molecule has 0 aliphatic carbocycles. The number of nitrogens with one attached hydrogen (secondary N) is 2. The second-order valence-corrected chi connectivity index (χ2v) is 17.7. The second kappa shape index (κ2) is 18.8. The number of alkyl halides is 3. The standard InChI is InChI=1S/C46H56F4N10O4/c1-28(30-20-32(46(48,49)50)23-33(51)21-30)54-41-36-25-39(45(64)56(2)42(36)53-27-52-41)59-18-16-58(17-19-59)13-7-5-3-4-6-12-57-14-10-29(11-15-57)34-22-31-26-60(44(63)35(31)24-37(34)47)38-8-9-40(61)55-43(38)62/h20-25,27-29,38H,3-19,26,51H2,1-2H3,(H,52,53,54)(H,55,61,62). The van der Waals surface area contributed by atoms with Crippen LogP contribution in [0.15, 0.2) is 47.5 Å². The number of halogens is 4. The molecule has 0 bridgehead atoms. The van der Waals surface area contributed by atoms with E-state index in [1.54, 1.807) is 20.0 Å². The molecule has 3 amide bonds. The predicted molar refractivity (Wildman–Crippen MR) is 235 cm³/mol. The first-order chi connectivity index (χ1) is 30.6. The number of unbranched alkanes of at least 4 members (excludes halogenated alkanes) is 4. The van der Waals surface area contributed by atoms with Crippen molar-refractivity contribution < 1.29 is 31.9 Å². The molecule has 342 valence electrons. The Bertz CT molecular complexity index is 2460. The van der Waals surface area contributed by atoms with Gasteiger partial charge in [-0.15, -0.1) is 0 Å². The largest absolute Gasteiger partial charge is 0.416 e. The zero-order valence-corrected chi connectivity index (χ0v) is 36.4. The summed E-state index contributed by atoms with van der Waals surface area (Å²) < 4.78 is 57.4. The Balaban J connectivity index is 0.750. The first-order valence-electron chi connectivity index (χ1n) is 22.4. The number of hydrogen-bond donors (Lipinski definition) is 3. The van der Waals surface area contributed by atoms with Crippen molar-refractivity contribution in [3.8, 4) is 0 Å². The van der Waals surface area contributed by atoms with Gasteiger partial charge >= 0.3 is 6.18 Å². The number of carbonyl (C=O) groups is 3. The average molecular weight is 889 g/mol. The number of fused-ring (bicyclic) bond motifs is 2. The van der Waals surface area contributed by atoms with Gasteiger partial charge in [0, 0.05) is 57.4 Å². The van der Waals surface area contributed by atoms with Crippen LogP contribution in [0, 0.1) is 5.82 Å². The summed E-state index contributed by atoms with van der Waals surface area (Å²) in [6.07, 6.45) is 4.56. The van der Waals surface area contributed by atoms with Gasteiger partial charge < -0.3 is 25.8 Å². The van der Waals surface area contributed by atoms with Gasteiger partial charge in [0.25, 0.3) is 11.5 Å². The Morgan fingerprint density at radius 1 is 0.859 bits per heavy atom. The molecule has 2 aromatic carbocycles. The molecule has 14 nitrogen and oxygen atoms in total. The highest BCUT2D eigenvalue weighted by Crippen LogP contribution is 2.37. The molecule has 3 fully saturated rings. The zero-order chi connectivity index (χ0) is 45.3. The van der Waals surface area contributed by atoms with E-state index in [0.717, 1.165) is 102 Å². The summed E-state index contributed by atoms with van der Waals surface area (Å²) >= 11 is 0. The molecule has 8 rings (SSSR count). The summed E-state index contributed by atoms with van der Waals surface area (Å²) in [5.41, 5.74) is 7.82. The summed E-state index contributed by atoms with van der Waals surface area (Å²) in [5.74, 6) is -1.07. The SMILES string of the molecule is CC(Nc1ncnc2c1cc(N1CCN(CCCCCCCN3CCC(c4cc5c(cc4F)C(=O)N(C4CCC(=O)NC4=O)C5)CC3)CC1)c(=O)n2C)c1cc(N)cc(C(F)(F)F)c1. The molecule has 64 heavy (non-hydrogen) atoms. The van der Waals surface area contributed by atoms with E-state index in [4.69, 9.17) is 5.73 Å². The van der Waals surface area contributed by atoms with Gasteiger partial charge in [-0.25, -0.2) is 14.4 Å². The van der Waals surface area contributed by atoms with E-state index >= 15 is 4.39 Å². The summed E-state index contributed by atoms with van der Waals surface area (Å²) in [7, 11) is 1.66. The number of hydrogen-bond acceptors (Lipinski definition) is 11. The number of piperidine rings is 2. The van der Waals surface area contributed by atoms with Crippen LogP contribution in [0.1, 0.15) is 109 Å². The summed E-state index contributed by atoms with van der Waals surface area (Å²) in [6.45, 7) is 8.74. The van der Waals surface area contributed by atoms with Crippen LogP contribution in [0.4, 0.5) is 34.8 Å². The van der Waals surface area contributed by atoms with Crippen molar-refractivity contribution in [3.63, 3.8) is 0 Å². The Labute approximate surface area is 369 Å². The molecular formula is C46H56F4N10O4. The maximum atomic E-state index is 15.4. The van der Waals surface area contributed by atoms with Crippen molar-refractivity contribution in [3.05, 3.63) is 86.7 Å². The van der Waals surface area contributed by atoms with E-state index in [-0.39, 0.29) is 54.2 Å². The van der Waals surface area contributed by atoms with Crippen LogP contribution in [-0.2, 0) is 29.4 Å². The number of benzene rings is 2. The minimum atomic E-state index is -4.54. The van der Waals surface area contributed by atoms with Gasteiger partial charge in [-0.1, -0.05) is 25.3 Å². The minimum Gasteiger partial charge on any atom is -0.399 e. The highest BCUT2D eigenvalue weighted by Gasteiger charge is 2.40. The van der Waals surface area contributed by atoms with Crippen molar-refractivity contribution >= 4 is 45.9 Å². The third-order valence-corrected chi connectivity index (χ3v) is 13.5. The smallest absolute Gasteiger partial charge is 0.399 e. The van der Waals surface area contributed by atoms with E-state index in [1.807, 2.05) is 6.07 Å². The van der Waals surface area contributed by atoms with E-state index in [0.29, 0.717) is 52.3 Å². The van der Waals surface area contributed by atoms with Crippen LogP contribution in [0.5, 0.6) is 0 Å². The summed E-state index contributed by atoms with van der Waals surface area (Å²) in [5, 5.41) is 6.12. The van der Waals surface area contributed by atoms with E-state index in [2.05, 4.69) is 35.3 Å². The Hall–Kier alpha value is -5.62. The Morgan fingerprint density at radius 3 is 2.23 bits per heavy atom. The van der Waals surface area contributed by atoms with Gasteiger partial charge in [0.2, 0.25) is 11.8 Å². The molecule has 4 aromatic rings. The number of rotatable bonds is 14. The maximum Gasteiger partial charge on any atom is 0.416 e. The average Bonchev–Trinajstić information content (AvgIpc) is 3.58. The molecule has 4 aliphatic rings. The van der Waals surface area contributed by atoms with Gasteiger partial charge in [-0.3, -0.25) is 34.0 Å². The second-order valence-electron chi connectivity index (χ2n) is 17.7. The third-order valence-electron chi connectivity index (χ3n) is 13.5. The molecule has 0 radical (unpaired) electrons. The topological polar surface area (TPSA) is 162 Å². The monoisotopic (exact) mass is 888 g/mol. The number of likely N-dealkylation sites (tertiary alicyclic amines) is 1. The fourth-order valence-electron chi connectivity index (χ4n) is 9.78. The van der Waals surface area contributed by atoms with Gasteiger partial charge in [0.15, 0.2) is 0 Å². The molecule has 18 heteroatoms. The number of amides is 3. The van der Waals surface area contributed by atoms with Crippen LogP contribution in [0.3, 0.4) is 0 Å². The normalized spacial score (nSPS) is 19.7. The number of imide groups is 1. The summed E-state index contributed by atoms with van der Waals surface area (Å²) in [6, 6.07) is 7.13. The Morgan fingerprint density at radius 2 is 1.55 bits per heavy atom. The molecule has 0 saturated carbocycles. The maximum absolute atomic E-state index is 15.4. The molecule has 0 spiro atoms. The molecular weight excluding hydrogens is 833 g/mol. The van der Waals surface area contributed by atoms with Gasteiger partial charge in [0.1, 0.15) is 35.3 Å². The van der Waals surface area contributed by atoms with Crippen LogP contribution < -0.4 is 26.8 Å². The molecule has 2 atom stereocenters. The lowest BCUT2D eigenvalue weighted by Gasteiger charge is -2.36. The first kappa shape index (κ1) is 45.0. The van der Waals surface area contributed by atoms with Crippen LogP contribution in [-0.4, -0.2) is 105 Å². The van der Waals surface area contributed by atoms with E-state index in [9.17, 15) is 32.3 Å². The molecule has 6 heterocycles. The molecule has 4 N–H and O–H groups in total. The van der Waals surface area contributed by atoms with Gasteiger partial charge in [-0.05, 0) is 118 Å². The number of aryl methyl sites for hydroxylation is 1. The van der Waals surface area contributed by atoms with Gasteiger partial charge in [-0.2, -0.15) is 13.2 Å². The third kappa shape index (κ3) is 9.72. The number of anilines is 3. The van der Waals surface area contributed by atoms with Crippen molar-refractivity contribution in [2.45, 2.75) is 95.4 Å². The quantitative estimate of drug-likeness (QED) is 0.0594. The molecule has 2 aromatic heterocycles. The zero-order valence-electron chi connectivity index (χ0n) is 36.4. The minimum absolute atomic E-state index is 0.00987. The van der Waals surface area contributed by atoms with Gasteiger partial charge in [0.05, 0.1) is 17.0 Å². The van der Waals surface area contributed by atoms with Crippen molar-refractivity contribution in [2.24, 2.45) is 7.05 Å². The molecule has 2 unspecified atom stereocenters. The molecule has 4 aliphatic heterocycles. The predicted octanol–water partition coefficient (Wildman–Crippen LogP) is 5.95. The van der Waals surface area contributed by atoms with Crippen LogP contribution in [0.25, 0.3) is 11.0 Å². The highest BCUT2D eigenvalue weighted by atomic mass is 19.4. The van der Waals surface area contributed by atoms with E-state index in [1.165, 1.54) is 27.9 Å². The first-order valence-corrected chi connectivity index (χ1v) is 22.4. The lowest BCUT2D eigenvalue weighted by atomic mass is 9.87. The number of nitrogens with two attached hydrogens (primary N) is 1. The number of aromatic nitrogens is 3. The van der Waals surface area contributed by atoms with Crippen LogP contribution >= 0.6 is 0 Å². The van der Waals surface area contributed by atoms with Crippen molar-refractivity contribution in [1.82, 2.24) is 34.6 Å². The number of pyridine rings is 1. The van der Waals surface area contributed by atoms with Crippen molar-refractivity contribution in [2.75, 3.05) is 68.3 Å². The van der Waals surface area contributed by atoms with E-state index < -0.39 is 29.7 Å². The number of piperazine rings is 1. The highest BCUT2D eigenvalue weighted by molar-refractivity contribution is 6.05.